The highest BCUT2D eigenvalue weighted by atomic mass is 14.4. The highest BCUT2D eigenvalue weighted by Gasteiger charge is 2.36. The third-order valence-corrected chi connectivity index (χ3v) is 11.8. The number of rotatable bonds is 3. The molecule has 0 N–H and O–H groups in total. The molecule has 0 heterocycles. The van der Waals surface area contributed by atoms with Crippen molar-refractivity contribution in [1.29, 1.82) is 0 Å². The van der Waals surface area contributed by atoms with Crippen LogP contribution in [0.4, 0.5) is 0 Å². The molecule has 0 amide bonds. The lowest BCUT2D eigenvalue weighted by atomic mass is 9.80. The van der Waals surface area contributed by atoms with E-state index >= 15 is 0 Å². The first-order chi connectivity index (χ1) is 24.3. The predicted molar refractivity (Wildman–Crippen MR) is 216 cm³/mol. The van der Waals surface area contributed by atoms with E-state index in [4.69, 9.17) is 0 Å². The van der Waals surface area contributed by atoms with Gasteiger partial charge in [-0.05, 0) is 143 Å². The first-order valence-corrected chi connectivity index (χ1v) is 17.8. The maximum absolute atomic E-state index is 2.48. The van der Waals surface area contributed by atoms with Crippen LogP contribution in [0.25, 0.3) is 87.6 Å². The molecule has 50 heavy (non-hydrogen) atoms. The van der Waals surface area contributed by atoms with Crippen molar-refractivity contribution in [3.8, 4) is 44.5 Å². The second-order valence-corrected chi connectivity index (χ2v) is 15.1. The molecule has 0 radical (unpaired) electrons. The van der Waals surface area contributed by atoms with Gasteiger partial charge >= 0.3 is 0 Å². The van der Waals surface area contributed by atoms with Gasteiger partial charge in [-0.15, -0.1) is 0 Å². The third-order valence-electron chi connectivity index (χ3n) is 11.8. The Morgan fingerprint density at radius 3 is 1.52 bits per heavy atom. The lowest BCUT2D eigenvalue weighted by Gasteiger charge is -2.23. The summed E-state index contributed by atoms with van der Waals surface area (Å²) in [6.07, 6.45) is 0. The summed E-state index contributed by atoms with van der Waals surface area (Å²) in [7, 11) is 0. The summed E-state index contributed by atoms with van der Waals surface area (Å²) >= 11 is 0. The van der Waals surface area contributed by atoms with Crippen molar-refractivity contribution in [1.82, 2.24) is 0 Å². The smallest absolute Gasteiger partial charge is 0.0159 e. The highest BCUT2D eigenvalue weighted by Crippen LogP contribution is 2.52. The van der Waals surface area contributed by atoms with Crippen LogP contribution in [-0.4, -0.2) is 0 Å². The Bertz CT molecular complexity index is 2830. The van der Waals surface area contributed by atoms with Gasteiger partial charge in [0, 0.05) is 5.41 Å². The zero-order chi connectivity index (χ0) is 33.9. The molecular formula is C50H38. The standard InChI is InChI=1S/C50H38/c1-29-9-11-32(12-10-29)33-13-15-34(16-14-33)36-18-20-39-40-21-19-37(28-47(40)50(4,5)46(39)27-36)38-23-24-43-45-26-31(3)30(2)25-44(45)41-8-6-7-35-17-22-42(38)49(43)48(35)41/h6-28H,1-5H3. The fourth-order valence-corrected chi connectivity index (χ4v) is 8.87. The van der Waals surface area contributed by atoms with E-state index in [1.807, 2.05) is 0 Å². The Morgan fingerprint density at radius 1 is 0.360 bits per heavy atom. The summed E-state index contributed by atoms with van der Waals surface area (Å²) in [6, 6.07) is 53.1. The van der Waals surface area contributed by atoms with Gasteiger partial charge in [0.2, 0.25) is 0 Å². The topological polar surface area (TPSA) is 0 Å². The van der Waals surface area contributed by atoms with Crippen molar-refractivity contribution < 1.29 is 0 Å². The maximum atomic E-state index is 2.48. The molecule has 0 bridgehead atoms. The van der Waals surface area contributed by atoms with Crippen molar-refractivity contribution in [2.75, 3.05) is 0 Å². The van der Waals surface area contributed by atoms with E-state index in [9.17, 15) is 0 Å². The van der Waals surface area contributed by atoms with Crippen molar-refractivity contribution in [2.24, 2.45) is 0 Å². The third kappa shape index (κ3) is 4.12. The molecule has 0 saturated carbocycles. The van der Waals surface area contributed by atoms with Gasteiger partial charge in [0.15, 0.2) is 0 Å². The van der Waals surface area contributed by atoms with Crippen LogP contribution in [0.5, 0.6) is 0 Å². The zero-order valence-electron chi connectivity index (χ0n) is 29.3. The highest BCUT2D eigenvalue weighted by molar-refractivity contribution is 6.35. The van der Waals surface area contributed by atoms with Gasteiger partial charge in [-0.25, -0.2) is 0 Å². The van der Waals surface area contributed by atoms with Crippen LogP contribution in [0.15, 0.2) is 140 Å². The van der Waals surface area contributed by atoms with E-state index in [0.29, 0.717) is 0 Å². The molecule has 0 fully saturated rings. The van der Waals surface area contributed by atoms with Crippen LogP contribution in [0, 0.1) is 20.8 Å². The second-order valence-electron chi connectivity index (χ2n) is 15.1. The van der Waals surface area contributed by atoms with Crippen LogP contribution >= 0.6 is 0 Å². The van der Waals surface area contributed by atoms with Gasteiger partial charge in [-0.1, -0.05) is 147 Å². The van der Waals surface area contributed by atoms with Crippen LogP contribution in [0.1, 0.15) is 41.7 Å². The van der Waals surface area contributed by atoms with Crippen molar-refractivity contribution >= 4 is 43.1 Å². The van der Waals surface area contributed by atoms with Gasteiger partial charge in [0.25, 0.3) is 0 Å². The SMILES string of the molecule is Cc1ccc(-c2ccc(-c3ccc4c(c3)C(C)(C)c3cc(-c5ccc6c7cc(C)c(C)cc7c7cccc8ccc5c6c87)ccc3-4)cc2)cc1. The Hall–Kier alpha value is -5.72. The fraction of sp³-hybridized carbons (Fsp3) is 0.120. The summed E-state index contributed by atoms with van der Waals surface area (Å²) < 4.78 is 0. The molecule has 0 aliphatic heterocycles. The van der Waals surface area contributed by atoms with E-state index in [2.05, 4.69) is 174 Å². The van der Waals surface area contributed by atoms with E-state index in [0.717, 1.165) is 0 Å². The summed E-state index contributed by atoms with van der Waals surface area (Å²) in [6.45, 7) is 11.4. The number of fused-ring (bicyclic) bond motifs is 6. The average molecular weight is 639 g/mol. The van der Waals surface area contributed by atoms with Crippen molar-refractivity contribution in [3.05, 3.63) is 167 Å². The molecule has 9 aromatic rings. The number of aryl methyl sites for hydroxylation is 3. The van der Waals surface area contributed by atoms with Crippen LogP contribution < -0.4 is 0 Å². The minimum Gasteiger partial charge on any atom is -0.0610 e. The van der Waals surface area contributed by atoms with E-state index in [-0.39, 0.29) is 5.41 Å². The molecule has 0 atom stereocenters. The molecule has 0 nitrogen and oxygen atoms in total. The molecule has 10 rings (SSSR count). The van der Waals surface area contributed by atoms with Gasteiger partial charge < -0.3 is 0 Å². The van der Waals surface area contributed by atoms with Gasteiger partial charge in [-0.3, -0.25) is 0 Å². The first-order valence-electron chi connectivity index (χ1n) is 17.8. The number of hydrogen-bond acceptors (Lipinski definition) is 0. The summed E-state index contributed by atoms with van der Waals surface area (Å²) in [5.74, 6) is 0. The molecule has 0 spiro atoms. The van der Waals surface area contributed by atoms with E-state index < -0.39 is 0 Å². The Balaban J connectivity index is 1.08. The van der Waals surface area contributed by atoms with Crippen LogP contribution in [-0.2, 0) is 5.41 Å². The van der Waals surface area contributed by atoms with Crippen LogP contribution in [0.2, 0.25) is 0 Å². The second kappa shape index (κ2) is 10.4. The molecule has 0 aromatic heterocycles. The van der Waals surface area contributed by atoms with Gasteiger partial charge in [0.05, 0.1) is 0 Å². The summed E-state index contributed by atoms with van der Waals surface area (Å²) in [5.41, 5.74) is 17.0. The Kier molecular flexibility index (Phi) is 6.07. The first kappa shape index (κ1) is 29.2. The molecular weight excluding hydrogens is 601 g/mol. The van der Waals surface area contributed by atoms with Crippen molar-refractivity contribution in [2.45, 2.75) is 40.0 Å². The van der Waals surface area contributed by atoms with Gasteiger partial charge in [0.1, 0.15) is 0 Å². The largest absolute Gasteiger partial charge is 0.0610 e. The molecule has 0 heteroatoms. The minimum absolute atomic E-state index is 0.117. The fourth-order valence-electron chi connectivity index (χ4n) is 8.87. The van der Waals surface area contributed by atoms with E-state index in [1.54, 1.807) is 0 Å². The quantitative estimate of drug-likeness (QED) is 0.133. The maximum Gasteiger partial charge on any atom is 0.0159 e. The lowest BCUT2D eigenvalue weighted by molar-refractivity contribution is 0.661. The molecule has 9 aromatic carbocycles. The average Bonchev–Trinajstić information content (AvgIpc) is 3.37. The predicted octanol–water partition coefficient (Wildman–Crippen LogP) is 14.0. The van der Waals surface area contributed by atoms with Crippen molar-refractivity contribution in [3.63, 3.8) is 0 Å². The molecule has 238 valence electrons. The monoisotopic (exact) mass is 638 g/mol. The summed E-state index contributed by atoms with van der Waals surface area (Å²) in [4.78, 5) is 0. The molecule has 1 aliphatic rings. The van der Waals surface area contributed by atoms with Gasteiger partial charge in [-0.2, -0.15) is 0 Å². The number of hydrogen-bond donors (Lipinski definition) is 0. The zero-order valence-corrected chi connectivity index (χ0v) is 29.3. The molecule has 0 saturated heterocycles. The molecule has 0 unspecified atom stereocenters. The Morgan fingerprint density at radius 2 is 0.860 bits per heavy atom. The Labute approximate surface area is 294 Å². The number of benzene rings is 9. The minimum atomic E-state index is -0.117. The van der Waals surface area contributed by atoms with Crippen LogP contribution in [0.3, 0.4) is 0 Å². The lowest BCUT2D eigenvalue weighted by Crippen LogP contribution is -2.15. The normalized spacial score (nSPS) is 13.5. The summed E-state index contributed by atoms with van der Waals surface area (Å²) in [5, 5.41) is 10.8. The molecule has 1 aliphatic carbocycles. The van der Waals surface area contributed by atoms with E-state index in [1.165, 1.54) is 115 Å².